The first-order valence-corrected chi connectivity index (χ1v) is 10.2. The molecule has 1 aliphatic carbocycles. The molecule has 0 amide bonds. The number of rotatable bonds is 2. The molecular weight excluding hydrogens is 336 g/mol. The molecule has 4 unspecified atom stereocenters. The van der Waals surface area contributed by atoms with Crippen molar-refractivity contribution in [3.8, 4) is 0 Å². The Morgan fingerprint density at radius 3 is 2.58 bits per heavy atom. The van der Waals surface area contributed by atoms with Gasteiger partial charge in [0.25, 0.3) is 10.2 Å². The molecule has 4 aliphatic heterocycles. The zero-order valence-electron chi connectivity index (χ0n) is 14.2. The van der Waals surface area contributed by atoms with Gasteiger partial charge < -0.3 is 9.47 Å². The standard InChI is InChI=1S/C15H26N2O6S/c1-8-4-5-11-9(2)12(17-24(16,18)19)20-13-15(11)10(8)6-7-14(3,21-13)22-23-15/h8-13,17H,4-7H2,1-3H3,(H2,16,18,19)/t8-,9-,10?,11?,12?,13?,14+,15-/m1/s1. The summed E-state index contributed by atoms with van der Waals surface area (Å²) < 4.78 is 37.6. The second kappa shape index (κ2) is 5.35. The minimum atomic E-state index is -3.87. The van der Waals surface area contributed by atoms with Gasteiger partial charge in [0, 0.05) is 18.3 Å². The van der Waals surface area contributed by atoms with Crippen molar-refractivity contribution in [1.82, 2.24) is 4.72 Å². The van der Waals surface area contributed by atoms with Gasteiger partial charge in [-0.25, -0.2) is 14.9 Å². The Morgan fingerprint density at radius 1 is 1.12 bits per heavy atom. The van der Waals surface area contributed by atoms with Crippen LogP contribution >= 0.6 is 0 Å². The molecule has 2 bridgehead atoms. The van der Waals surface area contributed by atoms with Crippen LogP contribution in [0.2, 0.25) is 0 Å². The van der Waals surface area contributed by atoms with Gasteiger partial charge in [-0.3, -0.25) is 0 Å². The molecule has 1 spiro atoms. The lowest BCUT2D eigenvalue weighted by atomic mass is 9.58. The van der Waals surface area contributed by atoms with Gasteiger partial charge in [0.15, 0.2) is 11.9 Å². The molecule has 0 aromatic heterocycles. The van der Waals surface area contributed by atoms with E-state index in [1.807, 2.05) is 13.8 Å². The van der Waals surface area contributed by atoms with Gasteiger partial charge in [-0.15, -0.1) is 0 Å². The quantitative estimate of drug-likeness (QED) is 0.709. The molecule has 8 nitrogen and oxygen atoms in total. The van der Waals surface area contributed by atoms with E-state index in [0.29, 0.717) is 5.92 Å². The summed E-state index contributed by atoms with van der Waals surface area (Å²) >= 11 is 0. The Bertz CT molecular complexity index is 629. The smallest absolute Gasteiger partial charge is 0.276 e. The van der Waals surface area contributed by atoms with E-state index in [9.17, 15) is 8.42 Å². The second-order valence-electron chi connectivity index (χ2n) is 7.99. The maximum absolute atomic E-state index is 11.5. The maximum Gasteiger partial charge on any atom is 0.276 e. The minimum absolute atomic E-state index is 0.0688. The van der Waals surface area contributed by atoms with Crippen LogP contribution in [0.1, 0.15) is 46.5 Å². The van der Waals surface area contributed by atoms with E-state index in [0.717, 1.165) is 25.7 Å². The van der Waals surface area contributed by atoms with E-state index in [2.05, 4.69) is 11.6 Å². The number of fused-ring (bicyclic) bond motifs is 2. The third kappa shape index (κ3) is 2.45. The zero-order valence-corrected chi connectivity index (χ0v) is 15.0. The average Bonchev–Trinajstić information content (AvgIpc) is 2.69. The van der Waals surface area contributed by atoms with E-state index in [1.165, 1.54) is 0 Å². The van der Waals surface area contributed by atoms with Crippen molar-refractivity contribution in [2.45, 2.75) is 70.4 Å². The Balaban J connectivity index is 1.75. The fourth-order valence-corrected chi connectivity index (χ4v) is 5.80. The SMILES string of the molecule is C[C@H]1C(NS(N)(=O)=O)OC2O[C@]3(C)CCC4[C@H](C)CCC1[C@@]24OO3. The summed E-state index contributed by atoms with van der Waals surface area (Å²) in [5.41, 5.74) is -0.691. The summed E-state index contributed by atoms with van der Waals surface area (Å²) in [5.74, 6) is -0.188. The molecular formula is C15H26N2O6S. The molecule has 3 N–H and O–H groups in total. The molecule has 1 saturated carbocycles. The average molecular weight is 362 g/mol. The summed E-state index contributed by atoms with van der Waals surface area (Å²) in [6, 6.07) is 0. The van der Waals surface area contributed by atoms with Gasteiger partial charge in [0.1, 0.15) is 6.23 Å². The fraction of sp³-hybridized carbons (Fsp3) is 1.00. The van der Waals surface area contributed by atoms with Gasteiger partial charge in [0.05, 0.1) is 0 Å². The lowest BCUT2D eigenvalue weighted by Gasteiger charge is -2.60. The Hall–Kier alpha value is -0.290. The number of hydrogen-bond acceptors (Lipinski definition) is 6. The Kier molecular flexibility index (Phi) is 3.82. The van der Waals surface area contributed by atoms with Crippen LogP contribution in [-0.2, 0) is 29.5 Å². The van der Waals surface area contributed by atoms with E-state index >= 15 is 0 Å². The van der Waals surface area contributed by atoms with Crippen LogP contribution in [0.15, 0.2) is 0 Å². The van der Waals surface area contributed by atoms with E-state index in [-0.39, 0.29) is 17.8 Å². The molecule has 5 fully saturated rings. The van der Waals surface area contributed by atoms with Crippen LogP contribution < -0.4 is 9.86 Å². The lowest BCUT2D eigenvalue weighted by Crippen LogP contribution is -2.72. The van der Waals surface area contributed by atoms with Crippen LogP contribution in [0.25, 0.3) is 0 Å². The highest BCUT2D eigenvalue weighted by molar-refractivity contribution is 7.87. The highest BCUT2D eigenvalue weighted by atomic mass is 32.2. The topological polar surface area (TPSA) is 109 Å². The summed E-state index contributed by atoms with van der Waals surface area (Å²) in [4.78, 5) is 11.7. The Labute approximate surface area is 142 Å². The molecule has 0 aromatic carbocycles. The molecule has 24 heavy (non-hydrogen) atoms. The van der Waals surface area contributed by atoms with Gasteiger partial charge in [-0.1, -0.05) is 13.8 Å². The van der Waals surface area contributed by atoms with Crippen LogP contribution in [0.5, 0.6) is 0 Å². The largest absolute Gasteiger partial charge is 0.330 e. The van der Waals surface area contributed by atoms with Gasteiger partial charge >= 0.3 is 0 Å². The van der Waals surface area contributed by atoms with Crippen molar-refractivity contribution in [3.63, 3.8) is 0 Å². The van der Waals surface area contributed by atoms with Crippen LogP contribution in [-0.4, -0.2) is 32.3 Å². The summed E-state index contributed by atoms with van der Waals surface area (Å²) in [5, 5.41) is 5.16. The molecule has 138 valence electrons. The molecule has 5 rings (SSSR count). The minimum Gasteiger partial charge on any atom is -0.330 e. The highest BCUT2D eigenvalue weighted by Gasteiger charge is 2.69. The second-order valence-corrected chi connectivity index (χ2v) is 9.31. The first-order valence-electron chi connectivity index (χ1n) is 8.65. The third-order valence-electron chi connectivity index (χ3n) is 6.44. The molecule has 8 atom stereocenters. The predicted octanol–water partition coefficient (Wildman–Crippen LogP) is 0.988. The third-order valence-corrected chi connectivity index (χ3v) is 7.00. The van der Waals surface area contributed by atoms with Gasteiger partial charge in [0.2, 0.25) is 5.79 Å². The van der Waals surface area contributed by atoms with Crippen molar-refractivity contribution in [3.05, 3.63) is 0 Å². The van der Waals surface area contributed by atoms with Crippen molar-refractivity contribution < 1.29 is 27.7 Å². The molecule has 5 aliphatic rings. The fourth-order valence-electron chi connectivity index (χ4n) is 5.20. The van der Waals surface area contributed by atoms with E-state index < -0.39 is 34.1 Å². The molecule has 9 heteroatoms. The van der Waals surface area contributed by atoms with Crippen molar-refractivity contribution in [2.24, 2.45) is 28.8 Å². The summed E-state index contributed by atoms with van der Waals surface area (Å²) in [7, 11) is -3.87. The molecule has 4 saturated heterocycles. The van der Waals surface area contributed by atoms with E-state index in [4.69, 9.17) is 24.4 Å². The number of nitrogens with two attached hydrogens (primary N) is 1. The van der Waals surface area contributed by atoms with Crippen LogP contribution in [0.4, 0.5) is 0 Å². The monoisotopic (exact) mass is 362 g/mol. The van der Waals surface area contributed by atoms with Crippen molar-refractivity contribution in [1.29, 1.82) is 0 Å². The van der Waals surface area contributed by atoms with Crippen molar-refractivity contribution in [2.75, 3.05) is 0 Å². The van der Waals surface area contributed by atoms with Gasteiger partial charge in [-0.05, 0) is 38.0 Å². The molecule has 4 heterocycles. The maximum atomic E-state index is 11.5. The predicted molar refractivity (Wildman–Crippen MR) is 83.1 cm³/mol. The number of ether oxygens (including phenoxy) is 2. The first-order chi connectivity index (χ1) is 11.1. The van der Waals surface area contributed by atoms with Crippen LogP contribution in [0, 0.1) is 23.7 Å². The zero-order chi connectivity index (χ0) is 17.3. The number of hydrogen-bond donors (Lipinski definition) is 2. The summed E-state index contributed by atoms with van der Waals surface area (Å²) in [6.45, 7) is 6.03. The van der Waals surface area contributed by atoms with Crippen LogP contribution in [0.3, 0.4) is 0 Å². The molecule has 0 aromatic rings. The molecule has 0 radical (unpaired) electrons. The Morgan fingerprint density at radius 2 is 1.88 bits per heavy atom. The normalized spacial score (nSPS) is 54.2. The van der Waals surface area contributed by atoms with Crippen molar-refractivity contribution >= 4 is 10.2 Å². The summed E-state index contributed by atoms with van der Waals surface area (Å²) in [6.07, 6.45) is 2.22. The highest BCUT2D eigenvalue weighted by Crippen LogP contribution is 2.60. The van der Waals surface area contributed by atoms with E-state index in [1.54, 1.807) is 0 Å². The number of nitrogens with one attached hydrogen (secondary N) is 1. The van der Waals surface area contributed by atoms with Gasteiger partial charge in [-0.2, -0.15) is 13.1 Å². The first kappa shape index (κ1) is 17.1. The lowest BCUT2D eigenvalue weighted by molar-refractivity contribution is -0.571.